The van der Waals surface area contributed by atoms with Crippen molar-refractivity contribution in [3.8, 4) is 0 Å². The fourth-order valence-electron chi connectivity index (χ4n) is 2.05. The molecule has 0 amide bonds. The Hall–Kier alpha value is -0.610. The molecule has 2 nitrogen and oxygen atoms in total. The van der Waals surface area contributed by atoms with Crippen LogP contribution in [0.1, 0.15) is 18.9 Å². The summed E-state index contributed by atoms with van der Waals surface area (Å²) in [5.41, 5.74) is 7.74. The minimum Gasteiger partial charge on any atom is -0.389 e. The summed E-state index contributed by atoms with van der Waals surface area (Å²) in [7, 11) is 2.13. The monoisotopic (exact) mass is 312 g/mol. The lowest BCUT2D eigenvalue weighted by Gasteiger charge is -2.20. The number of thiocarbonyl (C=S) groups is 1. The topological polar surface area (TPSA) is 29.3 Å². The molecule has 0 spiro atoms. The Kier molecular flexibility index (Phi) is 3.73. The van der Waals surface area contributed by atoms with E-state index in [1.165, 1.54) is 12.1 Å². The molecular formula is C13H17BrN2S. The molecular weight excluding hydrogens is 296 g/mol. The van der Waals surface area contributed by atoms with Crippen LogP contribution in [-0.2, 0) is 0 Å². The quantitative estimate of drug-likeness (QED) is 0.866. The molecule has 1 saturated carbocycles. The van der Waals surface area contributed by atoms with Crippen molar-refractivity contribution in [1.29, 1.82) is 0 Å². The second kappa shape index (κ2) is 4.94. The molecule has 2 N–H and O–H groups in total. The van der Waals surface area contributed by atoms with Gasteiger partial charge in [0.1, 0.15) is 4.99 Å². The fraction of sp³-hybridized carbons (Fsp3) is 0.462. The second-order valence-corrected chi connectivity index (χ2v) is 6.18. The van der Waals surface area contributed by atoms with Gasteiger partial charge in [-0.05, 0) is 52.4 Å². The maximum absolute atomic E-state index is 5.64. The highest BCUT2D eigenvalue weighted by molar-refractivity contribution is 9.10. The average Bonchev–Trinajstić information content (AvgIpc) is 2.93. The third kappa shape index (κ3) is 2.99. The summed E-state index contributed by atoms with van der Waals surface area (Å²) < 4.78 is 0.971. The smallest absolute Gasteiger partial charge is 0.105 e. The van der Waals surface area contributed by atoms with Crippen molar-refractivity contribution in [2.75, 3.05) is 18.5 Å². The minimum absolute atomic E-state index is 0.432. The van der Waals surface area contributed by atoms with Gasteiger partial charge in [-0.1, -0.05) is 19.1 Å². The maximum atomic E-state index is 5.64. The Morgan fingerprint density at radius 2 is 2.24 bits per heavy atom. The first-order valence-corrected chi connectivity index (χ1v) is 6.99. The molecule has 1 aliphatic rings. The maximum Gasteiger partial charge on any atom is 0.105 e. The molecule has 0 radical (unpaired) electrons. The van der Waals surface area contributed by atoms with Gasteiger partial charge in [0.25, 0.3) is 0 Å². The molecule has 1 aromatic carbocycles. The number of rotatable bonds is 4. The number of nitrogens with two attached hydrogens (primary N) is 1. The van der Waals surface area contributed by atoms with Crippen molar-refractivity contribution in [2.45, 2.75) is 13.3 Å². The molecule has 92 valence electrons. The van der Waals surface area contributed by atoms with Crippen LogP contribution in [0.5, 0.6) is 0 Å². The summed E-state index contributed by atoms with van der Waals surface area (Å²) in [5.74, 6) is 1.74. The average molecular weight is 313 g/mol. The molecule has 1 fully saturated rings. The van der Waals surface area contributed by atoms with E-state index in [9.17, 15) is 0 Å². The lowest BCUT2D eigenvalue weighted by atomic mass is 10.2. The molecule has 2 atom stereocenters. The van der Waals surface area contributed by atoms with E-state index >= 15 is 0 Å². The van der Waals surface area contributed by atoms with Crippen LogP contribution in [0.15, 0.2) is 22.7 Å². The molecule has 2 unspecified atom stereocenters. The summed E-state index contributed by atoms with van der Waals surface area (Å²) in [6.45, 7) is 3.43. The number of hydrogen-bond acceptors (Lipinski definition) is 2. The van der Waals surface area contributed by atoms with E-state index in [0.29, 0.717) is 4.99 Å². The molecule has 1 aliphatic carbocycles. The van der Waals surface area contributed by atoms with Gasteiger partial charge in [-0.25, -0.2) is 0 Å². The molecule has 0 heterocycles. The highest BCUT2D eigenvalue weighted by Crippen LogP contribution is 2.38. The third-order valence-electron chi connectivity index (χ3n) is 3.44. The predicted molar refractivity (Wildman–Crippen MR) is 80.6 cm³/mol. The number of halogens is 1. The van der Waals surface area contributed by atoms with E-state index in [0.717, 1.165) is 28.4 Å². The van der Waals surface area contributed by atoms with Crippen LogP contribution < -0.4 is 10.6 Å². The van der Waals surface area contributed by atoms with Crippen molar-refractivity contribution in [1.82, 2.24) is 0 Å². The van der Waals surface area contributed by atoms with Crippen LogP contribution in [0.3, 0.4) is 0 Å². The standard InChI is InChI=1S/C13H17BrN2S/c1-8-5-9(8)7-16(2)10-3-4-11(13(15)17)12(14)6-10/h3-4,6,8-9H,5,7H2,1-2H3,(H2,15,17). The van der Waals surface area contributed by atoms with Gasteiger partial charge < -0.3 is 10.6 Å². The molecule has 0 bridgehead atoms. The SMILES string of the molecule is CC1CC1CN(C)c1ccc(C(N)=S)c(Br)c1. The number of nitrogens with zero attached hydrogens (tertiary/aromatic N) is 1. The third-order valence-corrected chi connectivity index (χ3v) is 4.32. The van der Waals surface area contributed by atoms with Crippen molar-refractivity contribution >= 4 is 38.8 Å². The van der Waals surface area contributed by atoms with E-state index < -0.39 is 0 Å². The van der Waals surface area contributed by atoms with Crippen LogP contribution in [0.4, 0.5) is 5.69 Å². The minimum atomic E-state index is 0.432. The van der Waals surface area contributed by atoms with E-state index in [1.54, 1.807) is 0 Å². The van der Waals surface area contributed by atoms with Crippen LogP contribution >= 0.6 is 28.1 Å². The van der Waals surface area contributed by atoms with E-state index in [4.69, 9.17) is 18.0 Å². The first kappa shape index (κ1) is 12.8. The van der Waals surface area contributed by atoms with Gasteiger partial charge in [0.2, 0.25) is 0 Å². The number of hydrogen-bond donors (Lipinski definition) is 1. The highest BCUT2D eigenvalue weighted by Gasteiger charge is 2.33. The number of benzene rings is 1. The molecule has 1 aromatic rings. The first-order valence-electron chi connectivity index (χ1n) is 5.79. The van der Waals surface area contributed by atoms with Gasteiger partial charge in [0.15, 0.2) is 0 Å². The van der Waals surface area contributed by atoms with Crippen LogP contribution in [-0.4, -0.2) is 18.6 Å². The molecule has 0 saturated heterocycles. The zero-order chi connectivity index (χ0) is 12.6. The highest BCUT2D eigenvalue weighted by atomic mass is 79.9. The molecule has 17 heavy (non-hydrogen) atoms. The zero-order valence-electron chi connectivity index (χ0n) is 10.1. The van der Waals surface area contributed by atoms with Gasteiger partial charge in [-0.3, -0.25) is 0 Å². The number of anilines is 1. The lowest BCUT2D eigenvalue weighted by Crippen LogP contribution is -2.21. The van der Waals surface area contributed by atoms with Gasteiger partial charge in [-0.15, -0.1) is 0 Å². The van der Waals surface area contributed by atoms with Crippen molar-refractivity contribution in [2.24, 2.45) is 17.6 Å². The Morgan fingerprint density at radius 1 is 1.59 bits per heavy atom. The summed E-state index contributed by atoms with van der Waals surface area (Å²) in [4.78, 5) is 2.73. The zero-order valence-corrected chi connectivity index (χ0v) is 12.5. The van der Waals surface area contributed by atoms with E-state index in [-0.39, 0.29) is 0 Å². The summed E-state index contributed by atoms with van der Waals surface area (Å²) >= 11 is 8.50. The Bertz CT molecular complexity index is 447. The van der Waals surface area contributed by atoms with E-state index in [2.05, 4.69) is 46.9 Å². The fourth-order valence-corrected chi connectivity index (χ4v) is 2.94. The summed E-state index contributed by atoms with van der Waals surface area (Å²) in [5, 5.41) is 0. The van der Waals surface area contributed by atoms with Gasteiger partial charge in [0, 0.05) is 29.3 Å². The summed E-state index contributed by atoms with van der Waals surface area (Å²) in [6.07, 6.45) is 1.36. The van der Waals surface area contributed by atoms with Crippen LogP contribution in [0.2, 0.25) is 0 Å². The van der Waals surface area contributed by atoms with Gasteiger partial charge in [-0.2, -0.15) is 0 Å². The van der Waals surface area contributed by atoms with Crippen molar-refractivity contribution in [3.05, 3.63) is 28.2 Å². The van der Waals surface area contributed by atoms with Gasteiger partial charge in [0.05, 0.1) is 0 Å². The first-order chi connectivity index (χ1) is 7.99. The van der Waals surface area contributed by atoms with Crippen molar-refractivity contribution < 1.29 is 0 Å². The Balaban J connectivity index is 2.10. The molecule has 0 aromatic heterocycles. The van der Waals surface area contributed by atoms with Crippen molar-refractivity contribution in [3.63, 3.8) is 0 Å². The lowest BCUT2D eigenvalue weighted by molar-refractivity contribution is 0.725. The summed E-state index contributed by atoms with van der Waals surface area (Å²) in [6, 6.07) is 6.14. The van der Waals surface area contributed by atoms with Crippen LogP contribution in [0, 0.1) is 11.8 Å². The largest absolute Gasteiger partial charge is 0.389 e. The van der Waals surface area contributed by atoms with Crippen LogP contribution in [0.25, 0.3) is 0 Å². The van der Waals surface area contributed by atoms with E-state index in [1.807, 2.05) is 6.07 Å². The normalized spacial score (nSPS) is 22.3. The molecule has 0 aliphatic heterocycles. The van der Waals surface area contributed by atoms with Gasteiger partial charge >= 0.3 is 0 Å². The Labute approximate surface area is 116 Å². The molecule has 2 rings (SSSR count). The Morgan fingerprint density at radius 3 is 2.71 bits per heavy atom. The molecule has 4 heteroatoms. The predicted octanol–water partition coefficient (Wildman–Crippen LogP) is 3.18. The second-order valence-electron chi connectivity index (χ2n) is 4.88.